The molecule has 1 aromatic carbocycles. The lowest BCUT2D eigenvalue weighted by atomic mass is 10.0. The number of hydrogen-bond donors (Lipinski definition) is 0. The lowest BCUT2D eigenvalue weighted by molar-refractivity contribution is -0.141. The number of carbonyl (C=O) groups is 2. The van der Waals surface area contributed by atoms with Crippen LogP contribution < -0.4 is 0 Å². The third-order valence-electron chi connectivity index (χ3n) is 4.31. The van der Waals surface area contributed by atoms with Gasteiger partial charge >= 0.3 is 0 Å². The number of hydrogen-bond acceptors (Lipinski definition) is 2. The molecule has 6 heteroatoms. The second-order valence-corrected chi connectivity index (χ2v) is 6.02. The standard InChI is InChI=1S/C15H16ClFN2O2/c1-9-14(20)18-6-2-3-11(18)8-19(9)15(21)12-5-4-10(16)7-13(12)17/h4-5,7,9,11H,2-3,6,8H2,1H3/t9-,11-/m1/s1. The summed E-state index contributed by atoms with van der Waals surface area (Å²) in [6.07, 6.45) is 1.85. The maximum Gasteiger partial charge on any atom is 0.257 e. The monoisotopic (exact) mass is 310 g/mol. The SMILES string of the molecule is C[C@@H]1C(=O)N2CCC[C@@H]2CN1C(=O)c1ccc(Cl)cc1F. The number of nitrogens with zero attached hydrogens (tertiary/aromatic N) is 2. The lowest BCUT2D eigenvalue weighted by Crippen LogP contribution is -2.60. The van der Waals surface area contributed by atoms with Crippen LogP contribution in [0.4, 0.5) is 4.39 Å². The minimum absolute atomic E-state index is 0.0366. The predicted molar refractivity (Wildman–Crippen MR) is 76.6 cm³/mol. The average Bonchev–Trinajstić information content (AvgIpc) is 2.90. The first kappa shape index (κ1) is 14.3. The molecule has 2 atom stereocenters. The van der Waals surface area contributed by atoms with E-state index in [1.807, 2.05) is 4.90 Å². The highest BCUT2D eigenvalue weighted by Gasteiger charge is 2.42. The van der Waals surface area contributed by atoms with Crippen LogP contribution in [0.15, 0.2) is 18.2 Å². The van der Waals surface area contributed by atoms with E-state index >= 15 is 0 Å². The van der Waals surface area contributed by atoms with Gasteiger partial charge in [0, 0.05) is 24.2 Å². The summed E-state index contributed by atoms with van der Waals surface area (Å²) in [4.78, 5) is 28.2. The Balaban J connectivity index is 1.88. The van der Waals surface area contributed by atoms with Gasteiger partial charge in [0.05, 0.1) is 5.56 Å². The number of halogens is 2. The molecule has 2 aliphatic rings. The third-order valence-corrected chi connectivity index (χ3v) is 4.55. The van der Waals surface area contributed by atoms with Crippen molar-refractivity contribution in [3.05, 3.63) is 34.6 Å². The Morgan fingerprint density at radius 2 is 2.19 bits per heavy atom. The Kier molecular flexibility index (Phi) is 3.61. The number of amides is 2. The minimum Gasteiger partial charge on any atom is -0.336 e. The molecular weight excluding hydrogens is 295 g/mol. The van der Waals surface area contributed by atoms with Crippen LogP contribution in [-0.4, -0.2) is 46.8 Å². The van der Waals surface area contributed by atoms with Crippen molar-refractivity contribution in [1.29, 1.82) is 0 Å². The fourth-order valence-corrected chi connectivity index (χ4v) is 3.31. The van der Waals surface area contributed by atoms with E-state index in [-0.39, 0.29) is 22.5 Å². The van der Waals surface area contributed by atoms with E-state index in [4.69, 9.17) is 11.6 Å². The van der Waals surface area contributed by atoms with Crippen LogP contribution in [0.25, 0.3) is 0 Å². The molecule has 0 aromatic heterocycles. The molecule has 2 heterocycles. The highest BCUT2D eigenvalue weighted by Crippen LogP contribution is 2.27. The first-order chi connectivity index (χ1) is 9.99. The van der Waals surface area contributed by atoms with E-state index in [1.165, 1.54) is 17.0 Å². The molecule has 0 N–H and O–H groups in total. The van der Waals surface area contributed by atoms with Crippen LogP contribution in [0, 0.1) is 5.82 Å². The van der Waals surface area contributed by atoms with Gasteiger partial charge in [0.2, 0.25) is 5.91 Å². The van der Waals surface area contributed by atoms with E-state index in [0.29, 0.717) is 6.54 Å². The molecule has 2 aliphatic heterocycles. The van der Waals surface area contributed by atoms with Crippen molar-refractivity contribution in [3.63, 3.8) is 0 Å². The van der Waals surface area contributed by atoms with E-state index in [0.717, 1.165) is 25.5 Å². The lowest BCUT2D eigenvalue weighted by Gasteiger charge is -2.41. The summed E-state index contributed by atoms with van der Waals surface area (Å²) < 4.78 is 13.9. The van der Waals surface area contributed by atoms with Gasteiger partial charge in [-0.25, -0.2) is 4.39 Å². The molecule has 1 aromatic rings. The summed E-state index contributed by atoms with van der Waals surface area (Å²) in [6.45, 7) is 2.92. The molecule has 0 spiro atoms. The Morgan fingerprint density at radius 1 is 1.43 bits per heavy atom. The summed E-state index contributed by atoms with van der Waals surface area (Å²) in [5.41, 5.74) is -0.0366. The number of rotatable bonds is 1. The number of benzene rings is 1. The van der Waals surface area contributed by atoms with Gasteiger partial charge in [-0.2, -0.15) is 0 Å². The van der Waals surface area contributed by atoms with Gasteiger partial charge in [0.15, 0.2) is 0 Å². The van der Waals surface area contributed by atoms with Crippen molar-refractivity contribution in [2.75, 3.05) is 13.1 Å². The van der Waals surface area contributed by atoms with Gasteiger partial charge in [-0.3, -0.25) is 9.59 Å². The fraction of sp³-hybridized carbons (Fsp3) is 0.467. The van der Waals surface area contributed by atoms with Crippen LogP contribution in [0.5, 0.6) is 0 Å². The molecule has 0 radical (unpaired) electrons. The molecule has 0 unspecified atom stereocenters. The van der Waals surface area contributed by atoms with Gasteiger partial charge < -0.3 is 9.80 Å². The highest BCUT2D eigenvalue weighted by molar-refractivity contribution is 6.30. The molecular formula is C15H16ClFN2O2. The Morgan fingerprint density at radius 3 is 2.90 bits per heavy atom. The molecule has 4 nitrogen and oxygen atoms in total. The Hall–Kier alpha value is -1.62. The summed E-state index contributed by atoms with van der Waals surface area (Å²) in [7, 11) is 0. The maximum absolute atomic E-state index is 13.9. The van der Waals surface area contributed by atoms with E-state index in [1.54, 1.807) is 6.92 Å². The van der Waals surface area contributed by atoms with Crippen LogP contribution in [0.1, 0.15) is 30.1 Å². The summed E-state index contributed by atoms with van der Waals surface area (Å²) in [5.74, 6) is -1.15. The quantitative estimate of drug-likeness (QED) is 0.798. The number of fused-ring (bicyclic) bond motifs is 1. The highest BCUT2D eigenvalue weighted by atomic mass is 35.5. The Labute approximate surface area is 127 Å². The fourth-order valence-electron chi connectivity index (χ4n) is 3.15. The van der Waals surface area contributed by atoms with E-state index < -0.39 is 17.8 Å². The molecule has 2 fully saturated rings. The predicted octanol–water partition coefficient (Wildman–Crippen LogP) is 2.31. The van der Waals surface area contributed by atoms with Crippen LogP contribution in [0.3, 0.4) is 0 Å². The molecule has 2 saturated heterocycles. The zero-order chi connectivity index (χ0) is 15.1. The maximum atomic E-state index is 13.9. The van der Waals surface area contributed by atoms with Crippen molar-refractivity contribution >= 4 is 23.4 Å². The average molecular weight is 311 g/mol. The van der Waals surface area contributed by atoms with Crippen molar-refractivity contribution in [2.45, 2.75) is 31.8 Å². The van der Waals surface area contributed by atoms with Crippen LogP contribution in [-0.2, 0) is 4.79 Å². The van der Waals surface area contributed by atoms with Crippen molar-refractivity contribution in [2.24, 2.45) is 0 Å². The van der Waals surface area contributed by atoms with Crippen LogP contribution >= 0.6 is 11.6 Å². The minimum atomic E-state index is -0.652. The van der Waals surface area contributed by atoms with Gasteiger partial charge in [-0.05, 0) is 38.0 Å². The molecule has 112 valence electrons. The van der Waals surface area contributed by atoms with Crippen LogP contribution in [0.2, 0.25) is 5.02 Å². The third kappa shape index (κ3) is 2.39. The second kappa shape index (κ2) is 5.30. The topological polar surface area (TPSA) is 40.6 Å². The van der Waals surface area contributed by atoms with E-state index in [2.05, 4.69) is 0 Å². The number of piperazine rings is 1. The number of carbonyl (C=O) groups excluding carboxylic acids is 2. The molecule has 3 rings (SSSR count). The first-order valence-electron chi connectivity index (χ1n) is 7.05. The molecule has 21 heavy (non-hydrogen) atoms. The summed E-state index contributed by atoms with van der Waals surface area (Å²) in [6, 6.07) is 3.48. The first-order valence-corrected chi connectivity index (χ1v) is 7.43. The zero-order valence-electron chi connectivity index (χ0n) is 11.7. The molecule has 0 aliphatic carbocycles. The molecule has 0 bridgehead atoms. The van der Waals surface area contributed by atoms with Crippen molar-refractivity contribution in [1.82, 2.24) is 9.80 Å². The Bertz CT molecular complexity index is 607. The van der Waals surface area contributed by atoms with Crippen molar-refractivity contribution in [3.8, 4) is 0 Å². The van der Waals surface area contributed by atoms with Gasteiger partial charge in [-0.1, -0.05) is 11.6 Å². The van der Waals surface area contributed by atoms with Gasteiger partial charge in [0.25, 0.3) is 5.91 Å². The van der Waals surface area contributed by atoms with Crippen molar-refractivity contribution < 1.29 is 14.0 Å². The largest absolute Gasteiger partial charge is 0.336 e. The second-order valence-electron chi connectivity index (χ2n) is 5.59. The van der Waals surface area contributed by atoms with Gasteiger partial charge in [-0.15, -0.1) is 0 Å². The normalized spacial score (nSPS) is 25.2. The van der Waals surface area contributed by atoms with Gasteiger partial charge in [0.1, 0.15) is 11.9 Å². The summed E-state index contributed by atoms with van der Waals surface area (Å²) in [5, 5.41) is 0.244. The van der Waals surface area contributed by atoms with E-state index in [9.17, 15) is 14.0 Å². The zero-order valence-corrected chi connectivity index (χ0v) is 12.4. The molecule has 2 amide bonds. The molecule has 0 saturated carbocycles. The summed E-state index contributed by atoms with van der Waals surface area (Å²) >= 11 is 5.71. The smallest absolute Gasteiger partial charge is 0.257 e.